The fourth-order valence-electron chi connectivity index (χ4n) is 2.11. The summed E-state index contributed by atoms with van der Waals surface area (Å²) in [6.07, 6.45) is 0. The van der Waals surface area contributed by atoms with E-state index in [9.17, 15) is 4.39 Å². The minimum atomic E-state index is -0.0212. The van der Waals surface area contributed by atoms with Gasteiger partial charge in [0, 0.05) is 18.7 Å². The second-order valence-electron chi connectivity index (χ2n) is 4.60. The van der Waals surface area contributed by atoms with Gasteiger partial charge in [-0.15, -0.1) is 0 Å². The van der Waals surface area contributed by atoms with Crippen molar-refractivity contribution in [2.24, 2.45) is 0 Å². The first-order valence-corrected chi connectivity index (χ1v) is 5.65. The monoisotopic (exact) mass is 207 g/mol. The first-order valence-electron chi connectivity index (χ1n) is 5.65. The molecule has 0 radical (unpaired) electrons. The normalized spacial score (nSPS) is 16.1. The Balaban J connectivity index is 2.38. The fourth-order valence-corrected chi connectivity index (χ4v) is 2.11. The van der Waals surface area contributed by atoms with Gasteiger partial charge in [-0.1, -0.05) is 26.8 Å². The van der Waals surface area contributed by atoms with Gasteiger partial charge in [-0.2, -0.15) is 0 Å². The molecule has 0 unspecified atom stereocenters. The Hall–Kier alpha value is -0.890. The number of nitrogens with zero attached hydrogens (tertiary/aromatic N) is 1. The maximum atomic E-state index is 13.8. The van der Waals surface area contributed by atoms with Crippen molar-refractivity contribution in [1.82, 2.24) is 4.90 Å². The molecule has 2 rings (SSSR count). The Labute approximate surface area is 90.9 Å². The molecule has 0 atom stereocenters. The number of rotatable bonds is 2. The molecule has 82 valence electrons. The van der Waals surface area contributed by atoms with Crippen molar-refractivity contribution < 1.29 is 4.39 Å². The standard InChI is InChI=1S/C13H18FN/c1-4-15-7-11-5-10(9(2)3)6-13(14)12(11)8-15/h5-6,9H,4,7-8H2,1-3H3. The van der Waals surface area contributed by atoms with E-state index in [1.807, 2.05) is 0 Å². The van der Waals surface area contributed by atoms with Crippen LogP contribution < -0.4 is 0 Å². The first kappa shape index (κ1) is 10.6. The average molecular weight is 207 g/mol. The maximum absolute atomic E-state index is 13.8. The van der Waals surface area contributed by atoms with E-state index in [0.29, 0.717) is 5.92 Å². The topological polar surface area (TPSA) is 3.24 Å². The van der Waals surface area contributed by atoms with Crippen molar-refractivity contribution in [1.29, 1.82) is 0 Å². The lowest BCUT2D eigenvalue weighted by molar-refractivity contribution is 0.298. The van der Waals surface area contributed by atoms with Gasteiger partial charge in [0.25, 0.3) is 0 Å². The second kappa shape index (κ2) is 3.93. The highest BCUT2D eigenvalue weighted by molar-refractivity contribution is 5.37. The lowest BCUT2D eigenvalue weighted by Gasteiger charge is -2.09. The van der Waals surface area contributed by atoms with Crippen LogP contribution in [0.3, 0.4) is 0 Å². The van der Waals surface area contributed by atoms with Crippen molar-refractivity contribution >= 4 is 0 Å². The van der Waals surface area contributed by atoms with Crippen molar-refractivity contribution in [3.05, 3.63) is 34.6 Å². The van der Waals surface area contributed by atoms with Gasteiger partial charge in [0.05, 0.1) is 0 Å². The molecule has 0 aromatic heterocycles. The number of hydrogen-bond donors (Lipinski definition) is 0. The Bertz CT molecular complexity index is 371. The van der Waals surface area contributed by atoms with Gasteiger partial charge in [-0.3, -0.25) is 4.90 Å². The Morgan fingerprint density at radius 1 is 1.33 bits per heavy atom. The number of fused-ring (bicyclic) bond motifs is 1. The van der Waals surface area contributed by atoms with E-state index < -0.39 is 0 Å². The molecule has 1 aliphatic rings. The van der Waals surface area contributed by atoms with Gasteiger partial charge in [0.1, 0.15) is 5.82 Å². The molecule has 1 aromatic carbocycles. The summed E-state index contributed by atoms with van der Waals surface area (Å²) in [6, 6.07) is 3.86. The summed E-state index contributed by atoms with van der Waals surface area (Å²) in [5.74, 6) is 0.382. The highest BCUT2D eigenvalue weighted by Crippen LogP contribution is 2.28. The molecule has 1 nitrogen and oxygen atoms in total. The van der Waals surface area contributed by atoms with Crippen LogP contribution in [-0.4, -0.2) is 11.4 Å². The molecule has 1 aliphatic heterocycles. The van der Waals surface area contributed by atoms with E-state index >= 15 is 0 Å². The largest absolute Gasteiger partial charge is 0.295 e. The van der Waals surface area contributed by atoms with Crippen LogP contribution in [0.5, 0.6) is 0 Å². The van der Waals surface area contributed by atoms with E-state index in [2.05, 4.69) is 31.7 Å². The van der Waals surface area contributed by atoms with Crippen LogP contribution >= 0.6 is 0 Å². The van der Waals surface area contributed by atoms with Crippen LogP contribution in [-0.2, 0) is 13.1 Å². The van der Waals surface area contributed by atoms with Crippen molar-refractivity contribution in [2.45, 2.75) is 39.8 Å². The molecule has 0 aliphatic carbocycles. The van der Waals surface area contributed by atoms with Crippen LogP contribution in [0.15, 0.2) is 12.1 Å². The minimum Gasteiger partial charge on any atom is -0.295 e. The van der Waals surface area contributed by atoms with Gasteiger partial charge in [0.2, 0.25) is 0 Å². The van der Waals surface area contributed by atoms with Crippen LogP contribution in [0.1, 0.15) is 43.4 Å². The zero-order valence-corrected chi connectivity index (χ0v) is 9.68. The molecule has 0 amide bonds. The SMILES string of the molecule is CCN1Cc2cc(C(C)C)cc(F)c2C1. The summed E-state index contributed by atoms with van der Waals surface area (Å²) in [5.41, 5.74) is 3.20. The summed E-state index contributed by atoms with van der Waals surface area (Å²) in [4.78, 5) is 2.26. The van der Waals surface area contributed by atoms with E-state index in [1.165, 1.54) is 5.56 Å². The highest BCUT2D eigenvalue weighted by atomic mass is 19.1. The predicted octanol–water partition coefficient (Wildman–Crippen LogP) is 3.28. The molecule has 0 saturated heterocycles. The van der Waals surface area contributed by atoms with Crippen molar-refractivity contribution in [3.63, 3.8) is 0 Å². The summed E-state index contributed by atoms with van der Waals surface area (Å²) < 4.78 is 13.8. The van der Waals surface area contributed by atoms with Gasteiger partial charge in [0.15, 0.2) is 0 Å². The van der Waals surface area contributed by atoms with Crippen molar-refractivity contribution in [2.75, 3.05) is 6.54 Å². The highest BCUT2D eigenvalue weighted by Gasteiger charge is 2.21. The van der Waals surface area contributed by atoms with Crippen LogP contribution in [0.4, 0.5) is 4.39 Å². The smallest absolute Gasteiger partial charge is 0.128 e. The van der Waals surface area contributed by atoms with Gasteiger partial charge in [-0.25, -0.2) is 4.39 Å². The molecule has 1 aromatic rings. The molecule has 0 bridgehead atoms. The Morgan fingerprint density at radius 3 is 2.67 bits per heavy atom. The van der Waals surface area contributed by atoms with E-state index in [0.717, 1.165) is 30.8 Å². The quantitative estimate of drug-likeness (QED) is 0.719. The molecule has 2 heteroatoms. The Kier molecular flexibility index (Phi) is 2.79. The predicted molar refractivity (Wildman–Crippen MR) is 60.3 cm³/mol. The number of hydrogen-bond acceptors (Lipinski definition) is 1. The van der Waals surface area contributed by atoms with E-state index in [1.54, 1.807) is 6.07 Å². The van der Waals surface area contributed by atoms with Gasteiger partial charge < -0.3 is 0 Å². The molecule has 1 heterocycles. The third-order valence-corrected chi connectivity index (χ3v) is 3.20. The maximum Gasteiger partial charge on any atom is 0.128 e. The van der Waals surface area contributed by atoms with E-state index in [4.69, 9.17) is 0 Å². The van der Waals surface area contributed by atoms with Crippen molar-refractivity contribution in [3.8, 4) is 0 Å². The lowest BCUT2D eigenvalue weighted by atomic mass is 9.98. The van der Waals surface area contributed by atoms with Gasteiger partial charge >= 0.3 is 0 Å². The van der Waals surface area contributed by atoms with Crippen LogP contribution in [0.25, 0.3) is 0 Å². The molecule has 0 fully saturated rings. The molecule has 0 spiro atoms. The summed E-state index contributed by atoms with van der Waals surface area (Å²) in [6.45, 7) is 9.00. The zero-order valence-electron chi connectivity index (χ0n) is 9.68. The molecule has 0 saturated carbocycles. The summed E-state index contributed by atoms with van der Waals surface area (Å²) in [5, 5.41) is 0. The van der Waals surface area contributed by atoms with Crippen LogP contribution in [0, 0.1) is 5.82 Å². The number of benzene rings is 1. The third kappa shape index (κ3) is 1.91. The summed E-state index contributed by atoms with van der Waals surface area (Å²) >= 11 is 0. The van der Waals surface area contributed by atoms with Gasteiger partial charge in [-0.05, 0) is 29.7 Å². The minimum absolute atomic E-state index is 0.0212. The average Bonchev–Trinajstić information content (AvgIpc) is 2.61. The molecular formula is C13H18FN. The molecule has 15 heavy (non-hydrogen) atoms. The third-order valence-electron chi connectivity index (χ3n) is 3.20. The molecular weight excluding hydrogens is 189 g/mol. The Morgan fingerprint density at radius 2 is 2.07 bits per heavy atom. The first-order chi connectivity index (χ1) is 7.11. The second-order valence-corrected chi connectivity index (χ2v) is 4.60. The lowest BCUT2D eigenvalue weighted by Crippen LogP contribution is -2.14. The molecule has 0 N–H and O–H groups in total. The fraction of sp³-hybridized carbons (Fsp3) is 0.538. The van der Waals surface area contributed by atoms with E-state index in [-0.39, 0.29) is 5.82 Å². The number of halogens is 1. The summed E-state index contributed by atoms with van der Waals surface area (Å²) in [7, 11) is 0. The van der Waals surface area contributed by atoms with Crippen LogP contribution in [0.2, 0.25) is 0 Å². The zero-order chi connectivity index (χ0) is 11.0.